The van der Waals surface area contributed by atoms with E-state index in [1.807, 2.05) is 0 Å². The molecule has 0 spiro atoms. The Balaban J connectivity index is 3.19. The predicted molar refractivity (Wildman–Crippen MR) is 76.8 cm³/mol. The van der Waals surface area contributed by atoms with Gasteiger partial charge in [-0.15, -0.1) is 0 Å². The van der Waals surface area contributed by atoms with Crippen LogP contribution < -0.4 is 0 Å². The summed E-state index contributed by atoms with van der Waals surface area (Å²) < 4.78 is 4.83. The maximum absolute atomic E-state index is 11.3. The van der Waals surface area contributed by atoms with E-state index < -0.39 is 35.0 Å². The summed E-state index contributed by atoms with van der Waals surface area (Å²) in [4.78, 5) is 44.7. The minimum Gasteiger partial charge on any atom is -0.478 e. The molecule has 0 aliphatic heterocycles. The molecule has 23 heavy (non-hydrogen) atoms. The van der Waals surface area contributed by atoms with Crippen LogP contribution in [0.5, 0.6) is 0 Å². The second kappa shape index (κ2) is 7.21. The van der Waals surface area contributed by atoms with Crippen molar-refractivity contribution >= 4 is 23.9 Å². The third-order valence-electron chi connectivity index (χ3n) is 2.89. The van der Waals surface area contributed by atoms with Gasteiger partial charge in [-0.2, -0.15) is 0 Å². The standard InChI is InChI=1S/C15H14O8/c1-7(2)15(22)23-4-3-8-5-10(13(18)19)11(14(20)21)6-9(8)12(16)17/h5-6H,1,3-4H2,2H3,(H,16,17)(H,18,19)(H,20,21). The molecule has 1 aromatic rings. The van der Waals surface area contributed by atoms with E-state index in [0.717, 1.165) is 12.1 Å². The number of carboxylic acid groups (broad SMARTS) is 3. The lowest BCUT2D eigenvalue weighted by Crippen LogP contribution is -2.15. The Morgan fingerprint density at radius 2 is 1.43 bits per heavy atom. The molecule has 0 aliphatic carbocycles. The van der Waals surface area contributed by atoms with E-state index in [4.69, 9.17) is 20.1 Å². The number of carboxylic acids is 3. The minimum atomic E-state index is -1.55. The van der Waals surface area contributed by atoms with Crippen molar-refractivity contribution in [3.63, 3.8) is 0 Å². The van der Waals surface area contributed by atoms with Crippen molar-refractivity contribution in [2.24, 2.45) is 0 Å². The fourth-order valence-corrected chi connectivity index (χ4v) is 1.78. The largest absolute Gasteiger partial charge is 0.478 e. The maximum atomic E-state index is 11.3. The summed E-state index contributed by atoms with van der Waals surface area (Å²) in [6.07, 6.45) is -0.0825. The Bertz CT molecular complexity index is 702. The average molecular weight is 322 g/mol. The van der Waals surface area contributed by atoms with Gasteiger partial charge in [-0.05, 0) is 24.6 Å². The lowest BCUT2D eigenvalue weighted by molar-refractivity contribution is -0.138. The number of ether oxygens (including phenoxy) is 1. The Hall–Kier alpha value is -3.16. The molecule has 1 rings (SSSR count). The van der Waals surface area contributed by atoms with E-state index in [1.54, 1.807) is 0 Å². The molecule has 0 amide bonds. The van der Waals surface area contributed by atoms with Crippen molar-refractivity contribution < 1.29 is 39.2 Å². The van der Waals surface area contributed by atoms with Gasteiger partial charge in [-0.1, -0.05) is 6.58 Å². The number of carbonyl (C=O) groups excluding carboxylic acids is 1. The van der Waals surface area contributed by atoms with Gasteiger partial charge in [0, 0.05) is 12.0 Å². The molecule has 0 atom stereocenters. The molecule has 0 bridgehead atoms. The summed E-state index contributed by atoms with van der Waals surface area (Å²) in [6.45, 7) is 4.63. The predicted octanol–water partition coefficient (Wildman–Crippen LogP) is 1.44. The fourth-order valence-electron chi connectivity index (χ4n) is 1.78. The molecule has 8 heteroatoms. The van der Waals surface area contributed by atoms with Crippen LogP contribution in [-0.2, 0) is 16.0 Å². The van der Waals surface area contributed by atoms with Crippen molar-refractivity contribution in [2.75, 3.05) is 6.61 Å². The smallest absolute Gasteiger partial charge is 0.336 e. The molecular weight excluding hydrogens is 308 g/mol. The summed E-state index contributed by atoms with van der Waals surface area (Å²) in [5.74, 6) is -5.13. The second-order valence-corrected chi connectivity index (χ2v) is 4.64. The molecular formula is C15H14O8. The quantitative estimate of drug-likeness (QED) is 0.506. The summed E-state index contributed by atoms with van der Waals surface area (Å²) >= 11 is 0. The van der Waals surface area contributed by atoms with Crippen LogP contribution >= 0.6 is 0 Å². The Labute approximate surface area is 130 Å². The number of benzene rings is 1. The van der Waals surface area contributed by atoms with Crippen molar-refractivity contribution in [2.45, 2.75) is 13.3 Å². The number of aromatic carboxylic acids is 3. The van der Waals surface area contributed by atoms with Gasteiger partial charge in [0.05, 0.1) is 23.3 Å². The van der Waals surface area contributed by atoms with Crippen LogP contribution in [-0.4, -0.2) is 45.8 Å². The first-order valence-electron chi connectivity index (χ1n) is 6.34. The molecule has 8 nitrogen and oxygen atoms in total. The van der Waals surface area contributed by atoms with E-state index in [-0.39, 0.29) is 29.7 Å². The molecule has 0 radical (unpaired) electrons. The van der Waals surface area contributed by atoms with Crippen molar-refractivity contribution in [1.29, 1.82) is 0 Å². The van der Waals surface area contributed by atoms with Gasteiger partial charge in [0.15, 0.2) is 0 Å². The van der Waals surface area contributed by atoms with Gasteiger partial charge >= 0.3 is 23.9 Å². The number of hydrogen-bond acceptors (Lipinski definition) is 5. The van der Waals surface area contributed by atoms with Gasteiger partial charge < -0.3 is 20.1 Å². The van der Waals surface area contributed by atoms with E-state index in [2.05, 4.69) is 6.58 Å². The van der Waals surface area contributed by atoms with Crippen molar-refractivity contribution in [3.8, 4) is 0 Å². The highest BCUT2D eigenvalue weighted by atomic mass is 16.5. The van der Waals surface area contributed by atoms with Crippen molar-refractivity contribution in [3.05, 3.63) is 46.5 Å². The summed E-state index contributed by atoms with van der Waals surface area (Å²) in [6, 6.07) is 1.74. The Morgan fingerprint density at radius 3 is 1.87 bits per heavy atom. The topological polar surface area (TPSA) is 138 Å². The lowest BCUT2D eigenvalue weighted by Gasteiger charge is -2.11. The van der Waals surface area contributed by atoms with Crippen LogP contribution in [0.25, 0.3) is 0 Å². The molecule has 0 aromatic heterocycles. The molecule has 0 unspecified atom stereocenters. The first-order valence-corrected chi connectivity index (χ1v) is 6.34. The van der Waals surface area contributed by atoms with Crippen LogP contribution in [0.4, 0.5) is 0 Å². The molecule has 0 saturated carbocycles. The third kappa shape index (κ3) is 4.40. The van der Waals surface area contributed by atoms with Crippen LogP contribution in [0.3, 0.4) is 0 Å². The Morgan fingerprint density at radius 1 is 0.957 bits per heavy atom. The highest BCUT2D eigenvalue weighted by Gasteiger charge is 2.22. The molecule has 0 saturated heterocycles. The highest BCUT2D eigenvalue weighted by molar-refractivity contribution is 6.04. The molecule has 0 heterocycles. The third-order valence-corrected chi connectivity index (χ3v) is 2.89. The number of rotatable bonds is 7. The SMILES string of the molecule is C=C(C)C(=O)OCCc1cc(C(=O)O)c(C(=O)O)cc1C(=O)O. The molecule has 3 N–H and O–H groups in total. The Kier molecular flexibility index (Phi) is 5.61. The van der Waals surface area contributed by atoms with Gasteiger partial charge in [0.25, 0.3) is 0 Å². The average Bonchev–Trinajstić information content (AvgIpc) is 2.45. The minimum absolute atomic E-state index is 0.0504. The van der Waals surface area contributed by atoms with E-state index in [1.165, 1.54) is 6.92 Å². The van der Waals surface area contributed by atoms with Crippen LogP contribution in [0, 0.1) is 0 Å². The number of hydrogen-bond donors (Lipinski definition) is 3. The second-order valence-electron chi connectivity index (χ2n) is 4.64. The zero-order chi connectivity index (χ0) is 17.7. The highest BCUT2D eigenvalue weighted by Crippen LogP contribution is 2.19. The number of carbonyl (C=O) groups is 4. The summed E-state index contributed by atoms with van der Waals surface area (Å²) in [5.41, 5.74) is -1.31. The fraction of sp³-hybridized carbons (Fsp3) is 0.200. The zero-order valence-electron chi connectivity index (χ0n) is 12.2. The normalized spacial score (nSPS) is 9.96. The monoisotopic (exact) mass is 322 g/mol. The summed E-state index contributed by atoms with van der Waals surface area (Å²) in [7, 11) is 0. The first-order chi connectivity index (χ1) is 10.6. The number of esters is 1. The molecule has 1 aromatic carbocycles. The van der Waals surface area contributed by atoms with E-state index >= 15 is 0 Å². The first kappa shape index (κ1) is 17.9. The van der Waals surface area contributed by atoms with Crippen LogP contribution in [0.1, 0.15) is 43.6 Å². The van der Waals surface area contributed by atoms with Crippen LogP contribution in [0.2, 0.25) is 0 Å². The van der Waals surface area contributed by atoms with Gasteiger partial charge in [0.1, 0.15) is 0 Å². The molecule has 0 fully saturated rings. The van der Waals surface area contributed by atoms with Gasteiger partial charge in [-0.3, -0.25) is 0 Å². The van der Waals surface area contributed by atoms with E-state index in [9.17, 15) is 19.2 Å². The zero-order valence-corrected chi connectivity index (χ0v) is 12.2. The van der Waals surface area contributed by atoms with Crippen LogP contribution in [0.15, 0.2) is 24.3 Å². The van der Waals surface area contributed by atoms with E-state index in [0.29, 0.717) is 0 Å². The molecule has 0 aliphatic rings. The van der Waals surface area contributed by atoms with Crippen molar-refractivity contribution in [1.82, 2.24) is 0 Å². The maximum Gasteiger partial charge on any atom is 0.336 e. The molecule has 122 valence electrons. The van der Waals surface area contributed by atoms with Gasteiger partial charge in [0.2, 0.25) is 0 Å². The van der Waals surface area contributed by atoms with Gasteiger partial charge in [-0.25, -0.2) is 19.2 Å². The summed E-state index contributed by atoms with van der Waals surface area (Å²) in [5, 5.41) is 27.2. The lowest BCUT2D eigenvalue weighted by atomic mass is 9.96.